The van der Waals surface area contributed by atoms with Crippen molar-refractivity contribution in [2.75, 3.05) is 5.75 Å². The molecule has 1 atom stereocenters. The Bertz CT molecular complexity index is 232. The predicted octanol–water partition coefficient (Wildman–Crippen LogP) is 1.03. The molecule has 0 N–H and O–H groups in total. The van der Waals surface area contributed by atoms with Crippen LogP contribution in [0.25, 0.3) is 0 Å². The van der Waals surface area contributed by atoms with Gasteiger partial charge in [-0.25, -0.2) is 8.42 Å². The van der Waals surface area contributed by atoms with Crippen molar-refractivity contribution in [2.24, 2.45) is 5.92 Å². The Labute approximate surface area is 58.1 Å². The van der Waals surface area contributed by atoms with E-state index in [2.05, 4.69) is 0 Å². The highest BCUT2D eigenvalue weighted by Gasteiger charge is 2.52. The van der Waals surface area contributed by atoms with Crippen LogP contribution in [-0.4, -0.2) is 19.4 Å². The van der Waals surface area contributed by atoms with Crippen molar-refractivity contribution in [1.82, 2.24) is 0 Å². The van der Waals surface area contributed by atoms with E-state index < -0.39 is 27.4 Å². The maximum atomic E-state index is 12.4. The molecule has 1 saturated heterocycles. The fourth-order valence-electron chi connectivity index (χ4n) is 1.09. The zero-order valence-corrected chi connectivity index (χ0v) is 6.29. The van der Waals surface area contributed by atoms with Crippen LogP contribution in [-0.2, 0) is 9.84 Å². The lowest BCUT2D eigenvalue weighted by molar-refractivity contribution is 0.0826. The smallest absolute Gasteiger partial charge is 0.223 e. The molecule has 0 aliphatic carbocycles. The molecule has 5 heteroatoms. The molecule has 0 saturated carbocycles. The van der Waals surface area contributed by atoms with E-state index in [0.29, 0.717) is 0 Å². The second-order valence-corrected chi connectivity index (χ2v) is 4.89. The van der Waals surface area contributed by atoms with Crippen molar-refractivity contribution < 1.29 is 17.2 Å². The molecule has 1 aliphatic rings. The maximum absolute atomic E-state index is 12.4. The molecule has 1 rings (SSSR count). The van der Waals surface area contributed by atoms with Gasteiger partial charge in [-0.15, -0.1) is 0 Å². The number of halogens is 2. The van der Waals surface area contributed by atoms with Gasteiger partial charge in [-0.2, -0.15) is 8.78 Å². The summed E-state index contributed by atoms with van der Waals surface area (Å²) in [6, 6.07) is 0. The van der Waals surface area contributed by atoms with Gasteiger partial charge in [0.05, 0.1) is 5.75 Å². The molecule has 0 aromatic heterocycles. The molecular weight excluding hydrogens is 162 g/mol. The number of hydrogen-bond acceptors (Lipinski definition) is 2. The van der Waals surface area contributed by atoms with Crippen molar-refractivity contribution in [1.29, 1.82) is 0 Å². The first-order valence-electron chi connectivity index (χ1n) is 2.95. The summed E-state index contributed by atoms with van der Waals surface area (Å²) in [5.41, 5.74) is 0. The molecule has 1 fully saturated rings. The van der Waals surface area contributed by atoms with Crippen LogP contribution in [0, 0.1) is 5.92 Å². The standard InChI is InChI=1S/C5H8F2O2S/c1-4-2-5(6,7)10(8,9)3-4/h4H,2-3H2,1H3. The molecule has 1 unspecified atom stereocenters. The average Bonchev–Trinajstić information content (AvgIpc) is 1.73. The van der Waals surface area contributed by atoms with Gasteiger partial charge in [0.25, 0.3) is 0 Å². The Hall–Kier alpha value is -0.190. The lowest BCUT2D eigenvalue weighted by Gasteiger charge is -2.04. The van der Waals surface area contributed by atoms with Crippen LogP contribution in [0.4, 0.5) is 8.78 Å². The fourth-order valence-corrected chi connectivity index (χ4v) is 2.74. The van der Waals surface area contributed by atoms with E-state index in [-0.39, 0.29) is 5.75 Å². The van der Waals surface area contributed by atoms with Crippen LogP contribution in [0.1, 0.15) is 13.3 Å². The maximum Gasteiger partial charge on any atom is 0.345 e. The third-order valence-corrected chi connectivity index (χ3v) is 3.63. The fraction of sp³-hybridized carbons (Fsp3) is 1.00. The first kappa shape index (κ1) is 7.91. The number of sulfone groups is 1. The summed E-state index contributed by atoms with van der Waals surface area (Å²) in [4.78, 5) is 0. The topological polar surface area (TPSA) is 34.1 Å². The Morgan fingerprint density at radius 2 is 2.00 bits per heavy atom. The third-order valence-electron chi connectivity index (χ3n) is 1.55. The molecule has 60 valence electrons. The molecule has 0 bridgehead atoms. The molecule has 10 heavy (non-hydrogen) atoms. The lowest BCUT2D eigenvalue weighted by atomic mass is 10.1. The Balaban J connectivity index is 3.01. The normalized spacial score (nSPS) is 36.1. The van der Waals surface area contributed by atoms with Crippen LogP contribution >= 0.6 is 0 Å². The summed E-state index contributed by atoms with van der Waals surface area (Å²) in [7, 11) is -4.11. The van der Waals surface area contributed by atoms with Gasteiger partial charge in [0.2, 0.25) is 9.84 Å². The highest BCUT2D eigenvalue weighted by molar-refractivity contribution is 7.92. The van der Waals surface area contributed by atoms with Gasteiger partial charge < -0.3 is 0 Å². The number of hydrogen-bond donors (Lipinski definition) is 0. The SMILES string of the molecule is CC1CC(F)(F)S(=O)(=O)C1. The largest absolute Gasteiger partial charge is 0.345 e. The van der Waals surface area contributed by atoms with Crippen LogP contribution in [0.2, 0.25) is 0 Å². The highest BCUT2D eigenvalue weighted by Crippen LogP contribution is 2.38. The summed E-state index contributed by atoms with van der Waals surface area (Å²) in [5, 5.41) is -3.47. The summed E-state index contributed by atoms with van der Waals surface area (Å²) in [6.07, 6.45) is -0.519. The van der Waals surface area contributed by atoms with Gasteiger partial charge in [-0.1, -0.05) is 6.92 Å². The minimum Gasteiger partial charge on any atom is -0.223 e. The van der Waals surface area contributed by atoms with Gasteiger partial charge in [0.15, 0.2) is 0 Å². The average molecular weight is 170 g/mol. The zero-order chi connectivity index (χ0) is 7.99. The van der Waals surface area contributed by atoms with Gasteiger partial charge >= 0.3 is 5.25 Å². The van der Waals surface area contributed by atoms with Crippen molar-refractivity contribution >= 4 is 9.84 Å². The second kappa shape index (κ2) is 1.90. The van der Waals surface area contributed by atoms with E-state index >= 15 is 0 Å². The minimum atomic E-state index is -4.11. The molecular formula is C5H8F2O2S. The molecule has 2 nitrogen and oxygen atoms in total. The van der Waals surface area contributed by atoms with E-state index in [1.54, 1.807) is 0 Å². The number of rotatable bonds is 0. The van der Waals surface area contributed by atoms with Crippen molar-refractivity contribution in [2.45, 2.75) is 18.6 Å². The van der Waals surface area contributed by atoms with Crippen LogP contribution in [0.15, 0.2) is 0 Å². The molecule has 1 heterocycles. The summed E-state index contributed by atoms with van der Waals surface area (Å²) < 4.78 is 45.9. The van der Waals surface area contributed by atoms with Gasteiger partial charge in [-0.3, -0.25) is 0 Å². The van der Waals surface area contributed by atoms with Crippen LogP contribution in [0.5, 0.6) is 0 Å². The summed E-state index contributed by atoms with van der Waals surface area (Å²) in [5.74, 6) is -0.778. The van der Waals surface area contributed by atoms with E-state index in [9.17, 15) is 17.2 Å². The van der Waals surface area contributed by atoms with Crippen LogP contribution in [0.3, 0.4) is 0 Å². The molecule has 0 spiro atoms. The zero-order valence-electron chi connectivity index (χ0n) is 5.47. The molecule has 0 amide bonds. The first-order chi connectivity index (χ1) is 4.35. The van der Waals surface area contributed by atoms with Crippen molar-refractivity contribution in [3.05, 3.63) is 0 Å². The quantitative estimate of drug-likeness (QED) is 0.544. The highest BCUT2D eigenvalue weighted by atomic mass is 32.2. The predicted molar refractivity (Wildman–Crippen MR) is 32.5 cm³/mol. The summed E-state index contributed by atoms with van der Waals surface area (Å²) >= 11 is 0. The molecule has 1 aliphatic heterocycles. The Morgan fingerprint density at radius 3 is 2.10 bits per heavy atom. The Morgan fingerprint density at radius 1 is 1.50 bits per heavy atom. The van der Waals surface area contributed by atoms with E-state index in [1.165, 1.54) is 6.92 Å². The van der Waals surface area contributed by atoms with Crippen LogP contribution < -0.4 is 0 Å². The molecule has 0 aromatic carbocycles. The lowest BCUT2D eigenvalue weighted by Crippen LogP contribution is -2.22. The molecule has 0 radical (unpaired) electrons. The van der Waals surface area contributed by atoms with E-state index in [4.69, 9.17) is 0 Å². The van der Waals surface area contributed by atoms with Crippen molar-refractivity contribution in [3.8, 4) is 0 Å². The third kappa shape index (κ3) is 1.02. The molecule has 0 aromatic rings. The number of alkyl halides is 2. The first-order valence-corrected chi connectivity index (χ1v) is 4.60. The van der Waals surface area contributed by atoms with E-state index in [1.807, 2.05) is 0 Å². The van der Waals surface area contributed by atoms with Crippen molar-refractivity contribution in [3.63, 3.8) is 0 Å². The van der Waals surface area contributed by atoms with Gasteiger partial charge in [0.1, 0.15) is 0 Å². The second-order valence-electron chi connectivity index (χ2n) is 2.73. The Kier molecular flexibility index (Phi) is 1.50. The van der Waals surface area contributed by atoms with Gasteiger partial charge in [0, 0.05) is 6.42 Å². The van der Waals surface area contributed by atoms with Gasteiger partial charge in [-0.05, 0) is 5.92 Å². The monoisotopic (exact) mass is 170 g/mol. The van der Waals surface area contributed by atoms with E-state index in [0.717, 1.165) is 0 Å². The minimum absolute atomic E-state index is 0.375. The summed E-state index contributed by atoms with van der Waals surface area (Å²) in [6.45, 7) is 1.51.